The molecular weight excluding hydrogens is 749 g/mol. The highest BCUT2D eigenvalue weighted by Crippen LogP contribution is 2.28. The molecular formula is C56H82F4. The van der Waals surface area contributed by atoms with Crippen LogP contribution in [0.25, 0.3) is 0 Å². The number of benzene rings is 5. The van der Waals surface area contributed by atoms with E-state index in [0.29, 0.717) is 16.7 Å². The van der Waals surface area contributed by atoms with E-state index in [4.69, 9.17) is 0 Å². The maximum absolute atomic E-state index is 12.6. The Hall–Kier alpha value is -4.18. The summed E-state index contributed by atoms with van der Waals surface area (Å²) in [5.41, 5.74) is 9.38. The molecule has 2 aliphatic rings. The summed E-state index contributed by atoms with van der Waals surface area (Å²) >= 11 is 0. The van der Waals surface area contributed by atoms with Crippen LogP contribution in [0.4, 0.5) is 17.6 Å². The van der Waals surface area contributed by atoms with E-state index < -0.39 is 11.6 Å². The second kappa shape index (κ2) is 29.1. The summed E-state index contributed by atoms with van der Waals surface area (Å²) in [6.07, 6.45) is 11.8. The fourth-order valence-corrected chi connectivity index (χ4v) is 6.30. The highest BCUT2D eigenvalue weighted by Gasteiger charge is 2.14. The van der Waals surface area contributed by atoms with Gasteiger partial charge < -0.3 is 0 Å². The molecule has 0 amide bonds. The van der Waals surface area contributed by atoms with Crippen LogP contribution in [0.3, 0.4) is 0 Å². The molecule has 2 fully saturated rings. The Morgan fingerprint density at radius 3 is 0.700 bits per heavy atom. The van der Waals surface area contributed by atoms with Gasteiger partial charge >= 0.3 is 0 Å². The monoisotopic (exact) mass is 831 g/mol. The smallest absolute Gasteiger partial charge is 0.129 e. The molecule has 0 atom stereocenters. The molecule has 0 unspecified atom stereocenters. The fourth-order valence-electron chi connectivity index (χ4n) is 6.30. The molecule has 0 radical (unpaired) electrons. The minimum Gasteiger partial charge on any atom is -0.207 e. The van der Waals surface area contributed by atoms with Gasteiger partial charge in [-0.05, 0) is 145 Å². The lowest BCUT2D eigenvalue weighted by Gasteiger charge is -2.22. The van der Waals surface area contributed by atoms with E-state index >= 15 is 0 Å². The molecule has 2 saturated carbocycles. The van der Waals surface area contributed by atoms with Gasteiger partial charge in [-0.3, -0.25) is 0 Å². The van der Waals surface area contributed by atoms with Gasteiger partial charge in [0.2, 0.25) is 0 Å². The normalized spacial score (nSPS) is 17.6. The number of aryl methyl sites for hydroxylation is 9. The van der Waals surface area contributed by atoms with E-state index in [-0.39, 0.29) is 20.1 Å². The molecule has 0 nitrogen and oxygen atoms in total. The number of halogens is 4. The van der Waals surface area contributed by atoms with Gasteiger partial charge in [-0.25, -0.2) is 17.6 Å². The second-order valence-electron chi connectivity index (χ2n) is 17.9. The molecule has 7 rings (SSSR count). The molecule has 60 heavy (non-hydrogen) atoms. The molecule has 0 spiro atoms. The predicted molar refractivity (Wildman–Crippen MR) is 257 cm³/mol. The van der Waals surface area contributed by atoms with E-state index in [0.717, 1.165) is 34.8 Å². The lowest BCUT2D eigenvalue weighted by Crippen LogP contribution is -2.08. The van der Waals surface area contributed by atoms with Gasteiger partial charge in [-0.1, -0.05) is 174 Å². The quantitative estimate of drug-likeness (QED) is 0.136. The first-order chi connectivity index (χ1) is 28.2. The Labute approximate surface area is 367 Å². The van der Waals surface area contributed by atoms with Crippen LogP contribution in [0.15, 0.2) is 97.1 Å². The van der Waals surface area contributed by atoms with Gasteiger partial charge in [0.25, 0.3) is 0 Å². The van der Waals surface area contributed by atoms with Gasteiger partial charge in [-0.15, -0.1) is 0 Å². The Morgan fingerprint density at radius 1 is 0.300 bits per heavy atom. The van der Waals surface area contributed by atoms with Gasteiger partial charge in [0.1, 0.15) is 23.3 Å². The van der Waals surface area contributed by atoms with Crippen LogP contribution in [0.2, 0.25) is 0 Å². The van der Waals surface area contributed by atoms with Crippen LogP contribution in [0, 0.1) is 116 Å². The summed E-state index contributed by atoms with van der Waals surface area (Å²) in [7, 11) is 0. The minimum atomic E-state index is -0.475. The van der Waals surface area contributed by atoms with Crippen molar-refractivity contribution in [1.29, 1.82) is 0 Å². The van der Waals surface area contributed by atoms with Gasteiger partial charge in [0, 0.05) is 8.42 Å². The molecule has 4 heteroatoms. The summed E-state index contributed by atoms with van der Waals surface area (Å²) in [5.74, 6) is 2.90. The fraction of sp³-hybridized carbons (Fsp3) is 0.464. The Kier molecular flexibility index (Phi) is 26.1. The van der Waals surface area contributed by atoms with Crippen molar-refractivity contribution in [2.75, 3.05) is 0 Å². The maximum Gasteiger partial charge on any atom is 0.129 e. The first-order valence-corrected chi connectivity index (χ1v) is 22.1. The number of rotatable bonds is 0. The zero-order valence-electron chi connectivity index (χ0n) is 39.7. The Balaban J connectivity index is 0. The van der Waals surface area contributed by atoms with Crippen molar-refractivity contribution in [2.24, 2.45) is 23.7 Å². The lowest BCUT2D eigenvalue weighted by atomic mass is 9.84. The Bertz CT molecular complexity index is 1710. The van der Waals surface area contributed by atoms with Crippen molar-refractivity contribution < 1.29 is 20.4 Å². The topological polar surface area (TPSA) is 0 Å². The van der Waals surface area contributed by atoms with Crippen LogP contribution in [-0.4, -0.2) is 0 Å². The first-order valence-electron chi connectivity index (χ1n) is 22.1. The standard InChI is InChI=1S/C8H8F2.2C8H9F.2C8H16.2C8H10.2H2/c1-5-3-7(9)6(2)8(10)4-5;2*1-6-3-4-7(2)8(9)5-6;4*1-7-3-5-8(2)6-4-7;;/h3-4H,1-2H3;2*3-5H,1-2H3;2*7-8H,3-6H2,1-2H3;2*3-6H,1-2H3;2*1H. The molecule has 0 saturated heterocycles. The van der Waals surface area contributed by atoms with Crippen molar-refractivity contribution >= 4 is 0 Å². The maximum atomic E-state index is 12.6. The first kappa shape index (κ1) is 53.8. The molecule has 0 aliphatic heterocycles. The van der Waals surface area contributed by atoms with Crippen molar-refractivity contribution in [3.05, 3.63) is 176 Å². The summed E-state index contributed by atoms with van der Waals surface area (Å²) in [6.45, 7) is 28.2. The number of hydrogen-bond acceptors (Lipinski definition) is 0. The minimum absolute atomic E-state index is 0. The second-order valence-corrected chi connectivity index (χ2v) is 17.9. The zero-order valence-corrected chi connectivity index (χ0v) is 39.7. The molecule has 5 aromatic carbocycles. The summed E-state index contributed by atoms with van der Waals surface area (Å²) < 4.78 is 50.4. The van der Waals surface area contributed by atoms with Gasteiger partial charge in [-0.2, -0.15) is 0 Å². The highest BCUT2D eigenvalue weighted by molar-refractivity contribution is 5.25. The third-order valence-corrected chi connectivity index (χ3v) is 11.1. The average Bonchev–Trinajstić information content (AvgIpc) is 3.20. The van der Waals surface area contributed by atoms with Gasteiger partial charge in [0.15, 0.2) is 0 Å². The molecule has 0 heterocycles. The SMILES string of the molecule is CC1CCC(C)CC1.CC1CCC(C)CC1.Cc1cc(F)c(C)c(F)c1.Cc1ccc(C)c(F)c1.Cc1ccc(C)c(F)c1.Cc1ccc(C)cc1.Cc1ccc(C)cc1.[HH].[HH]. The average molecular weight is 831 g/mol. The van der Waals surface area contributed by atoms with E-state index in [9.17, 15) is 17.6 Å². The summed E-state index contributed by atoms with van der Waals surface area (Å²) in [4.78, 5) is 0. The van der Waals surface area contributed by atoms with Gasteiger partial charge in [0.05, 0.1) is 0 Å². The van der Waals surface area contributed by atoms with Crippen molar-refractivity contribution in [3.8, 4) is 0 Å². The van der Waals surface area contributed by atoms with Crippen LogP contribution < -0.4 is 0 Å². The number of hydrogen-bond donors (Lipinski definition) is 0. The Morgan fingerprint density at radius 2 is 0.500 bits per heavy atom. The largest absolute Gasteiger partial charge is 0.207 e. The third kappa shape index (κ3) is 24.8. The molecule has 5 aromatic rings. The molecule has 0 N–H and O–H groups in total. The predicted octanol–water partition coefficient (Wildman–Crippen LogP) is 18.2. The van der Waals surface area contributed by atoms with Crippen LogP contribution in [-0.2, 0) is 0 Å². The van der Waals surface area contributed by atoms with Crippen molar-refractivity contribution in [1.82, 2.24) is 0 Å². The summed E-state index contributed by atoms with van der Waals surface area (Å²) in [6, 6.07) is 30.0. The molecule has 334 valence electrons. The molecule has 0 aromatic heterocycles. The van der Waals surface area contributed by atoms with Crippen LogP contribution in [0.1, 0.15) is 138 Å². The van der Waals surface area contributed by atoms with E-state index in [1.807, 2.05) is 26.0 Å². The van der Waals surface area contributed by atoms with E-state index in [2.05, 4.69) is 104 Å². The van der Waals surface area contributed by atoms with Crippen LogP contribution >= 0.6 is 0 Å². The van der Waals surface area contributed by atoms with Crippen molar-refractivity contribution in [3.63, 3.8) is 0 Å². The molecule has 2 aliphatic carbocycles. The van der Waals surface area contributed by atoms with Crippen molar-refractivity contribution in [2.45, 2.75) is 148 Å². The highest BCUT2D eigenvalue weighted by atomic mass is 19.1. The van der Waals surface area contributed by atoms with E-state index in [1.165, 1.54) is 105 Å². The summed E-state index contributed by atoms with van der Waals surface area (Å²) in [5, 5.41) is 0. The zero-order chi connectivity index (χ0) is 45.4. The van der Waals surface area contributed by atoms with Crippen LogP contribution in [0.5, 0.6) is 0 Å². The lowest BCUT2D eigenvalue weighted by molar-refractivity contribution is 0.308. The molecule has 0 bridgehead atoms. The van der Waals surface area contributed by atoms with E-state index in [1.54, 1.807) is 32.9 Å². The third-order valence-electron chi connectivity index (χ3n) is 11.1.